The average Bonchev–Trinajstić information content (AvgIpc) is 2.60. The van der Waals surface area contributed by atoms with Crippen LogP contribution in [0.15, 0.2) is 29.2 Å². The molecular formula is C16H24ClF2N3O3S. The molecule has 1 aliphatic rings. The van der Waals surface area contributed by atoms with Crippen LogP contribution in [0.1, 0.15) is 18.4 Å². The van der Waals surface area contributed by atoms with Crippen molar-refractivity contribution in [2.45, 2.75) is 30.6 Å². The molecule has 1 aliphatic heterocycles. The van der Waals surface area contributed by atoms with Crippen molar-refractivity contribution in [3.05, 3.63) is 29.8 Å². The Bertz CT molecular complexity index is 706. The lowest BCUT2D eigenvalue weighted by Gasteiger charge is -2.30. The van der Waals surface area contributed by atoms with Gasteiger partial charge in [-0.15, -0.1) is 12.4 Å². The number of aryl methyl sites for hydroxylation is 1. The van der Waals surface area contributed by atoms with Crippen molar-refractivity contribution >= 4 is 28.3 Å². The number of carbonyl (C=O) groups excluding carboxylic acids is 1. The SMILES string of the molecule is Cc1ccc(S(=O)(=O)N2CCC(C(=O)NCC(F)(F)CN)CC2)cc1.Cl. The number of rotatable bonds is 6. The first-order valence-corrected chi connectivity index (χ1v) is 9.52. The Morgan fingerprint density at radius 2 is 1.81 bits per heavy atom. The van der Waals surface area contributed by atoms with Crippen LogP contribution in [0.25, 0.3) is 0 Å². The molecule has 0 radical (unpaired) electrons. The number of nitrogens with one attached hydrogen (secondary N) is 1. The van der Waals surface area contributed by atoms with E-state index in [1.165, 1.54) is 4.31 Å². The van der Waals surface area contributed by atoms with Gasteiger partial charge in [-0.2, -0.15) is 4.31 Å². The van der Waals surface area contributed by atoms with Gasteiger partial charge in [-0.3, -0.25) is 4.79 Å². The molecule has 1 aromatic carbocycles. The van der Waals surface area contributed by atoms with Crippen LogP contribution >= 0.6 is 12.4 Å². The van der Waals surface area contributed by atoms with E-state index in [1.54, 1.807) is 24.3 Å². The van der Waals surface area contributed by atoms with Crippen LogP contribution < -0.4 is 11.1 Å². The number of amides is 1. The van der Waals surface area contributed by atoms with Gasteiger partial charge in [0.15, 0.2) is 0 Å². The van der Waals surface area contributed by atoms with Crippen molar-refractivity contribution in [2.75, 3.05) is 26.2 Å². The summed E-state index contributed by atoms with van der Waals surface area (Å²) in [4.78, 5) is 12.2. The summed E-state index contributed by atoms with van der Waals surface area (Å²) in [6, 6.07) is 6.56. The van der Waals surface area contributed by atoms with Gasteiger partial charge in [0.05, 0.1) is 18.0 Å². The number of halogens is 3. The zero-order valence-corrected chi connectivity index (χ0v) is 16.1. The molecule has 26 heavy (non-hydrogen) atoms. The predicted octanol–water partition coefficient (Wildman–Crippen LogP) is 1.53. The van der Waals surface area contributed by atoms with E-state index in [0.717, 1.165) is 5.56 Å². The number of carbonyl (C=O) groups is 1. The molecule has 6 nitrogen and oxygen atoms in total. The van der Waals surface area contributed by atoms with Gasteiger partial charge in [-0.05, 0) is 31.9 Å². The first-order valence-electron chi connectivity index (χ1n) is 8.08. The lowest BCUT2D eigenvalue weighted by molar-refractivity contribution is -0.127. The lowest BCUT2D eigenvalue weighted by Crippen LogP contribution is -2.46. The number of nitrogens with two attached hydrogens (primary N) is 1. The molecule has 0 aliphatic carbocycles. The minimum atomic E-state index is -3.60. The maximum Gasteiger partial charge on any atom is 0.277 e. The first kappa shape index (κ1) is 22.8. The van der Waals surface area contributed by atoms with Crippen LogP contribution in [0.3, 0.4) is 0 Å². The summed E-state index contributed by atoms with van der Waals surface area (Å²) in [5.74, 6) is -4.09. The van der Waals surface area contributed by atoms with Crippen LogP contribution in [0.5, 0.6) is 0 Å². The lowest BCUT2D eigenvalue weighted by atomic mass is 9.97. The zero-order valence-electron chi connectivity index (χ0n) is 14.5. The third-order valence-electron chi connectivity index (χ3n) is 4.30. The number of piperidine rings is 1. The van der Waals surface area contributed by atoms with Crippen molar-refractivity contribution in [2.24, 2.45) is 11.7 Å². The van der Waals surface area contributed by atoms with E-state index < -0.39 is 40.9 Å². The summed E-state index contributed by atoms with van der Waals surface area (Å²) in [6.45, 7) is 0.600. The molecule has 0 atom stereocenters. The van der Waals surface area contributed by atoms with Gasteiger partial charge >= 0.3 is 0 Å². The molecule has 0 spiro atoms. The number of hydrogen-bond acceptors (Lipinski definition) is 4. The summed E-state index contributed by atoms with van der Waals surface area (Å²) < 4.78 is 52.7. The van der Waals surface area contributed by atoms with Crippen molar-refractivity contribution in [3.63, 3.8) is 0 Å². The Morgan fingerprint density at radius 3 is 2.31 bits per heavy atom. The smallest absolute Gasteiger partial charge is 0.277 e. The van der Waals surface area contributed by atoms with Crippen molar-refractivity contribution in [1.29, 1.82) is 0 Å². The van der Waals surface area contributed by atoms with Gasteiger partial charge in [0.25, 0.3) is 5.92 Å². The Hall–Kier alpha value is -1.29. The van der Waals surface area contributed by atoms with Gasteiger partial charge in [0, 0.05) is 19.0 Å². The van der Waals surface area contributed by atoms with Crippen LogP contribution in [-0.4, -0.2) is 50.7 Å². The fourth-order valence-electron chi connectivity index (χ4n) is 2.65. The summed E-state index contributed by atoms with van der Waals surface area (Å²) in [6.07, 6.45) is 0.593. The molecule has 1 amide bonds. The molecule has 0 bridgehead atoms. The van der Waals surface area contributed by atoms with Crippen LogP contribution in [0.4, 0.5) is 8.78 Å². The molecule has 3 N–H and O–H groups in total. The number of sulfonamides is 1. The fourth-order valence-corrected chi connectivity index (χ4v) is 4.12. The molecule has 1 aromatic rings. The average molecular weight is 412 g/mol. The fraction of sp³-hybridized carbons (Fsp3) is 0.562. The maximum absolute atomic E-state index is 13.1. The van der Waals surface area contributed by atoms with E-state index in [2.05, 4.69) is 5.32 Å². The monoisotopic (exact) mass is 411 g/mol. The second-order valence-corrected chi connectivity index (χ2v) is 8.21. The highest BCUT2D eigenvalue weighted by atomic mass is 35.5. The summed E-state index contributed by atoms with van der Waals surface area (Å²) >= 11 is 0. The standard InChI is InChI=1S/C16H23F2N3O3S.ClH/c1-12-2-4-14(5-3-12)25(23,24)21-8-6-13(7-9-21)15(22)20-11-16(17,18)10-19;/h2-5,13H,6-11,19H2,1H3,(H,20,22);1H. The molecule has 0 saturated carbocycles. The predicted molar refractivity (Wildman–Crippen MR) is 96.9 cm³/mol. The van der Waals surface area contributed by atoms with Crippen molar-refractivity contribution in [3.8, 4) is 0 Å². The minimum Gasteiger partial charge on any atom is -0.350 e. The second-order valence-electron chi connectivity index (χ2n) is 6.27. The van der Waals surface area contributed by atoms with E-state index in [0.29, 0.717) is 12.8 Å². The van der Waals surface area contributed by atoms with Crippen molar-refractivity contribution in [1.82, 2.24) is 9.62 Å². The highest BCUT2D eigenvalue weighted by molar-refractivity contribution is 7.89. The van der Waals surface area contributed by atoms with Gasteiger partial charge < -0.3 is 11.1 Å². The molecule has 0 aromatic heterocycles. The molecule has 0 unspecified atom stereocenters. The van der Waals surface area contributed by atoms with Gasteiger partial charge in [0.2, 0.25) is 15.9 Å². The van der Waals surface area contributed by atoms with Crippen molar-refractivity contribution < 1.29 is 22.0 Å². The zero-order chi connectivity index (χ0) is 18.7. The van der Waals surface area contributed by atoms with Gasteiger partial charge in [0.1, 0.15) is 0 Å². The van der Waals surface area contributed by atoms with E-state index in [9.17, 15) is 22.0 Å². The highest BCUT2D eigenvalue weighted by Gasteiger charge is 2.33. The van der Waals surface area contributed by atoms with E-state index in [4.69, 9.17) is 5.73 Å². The summed E-state index contributed by atoms with van der Waals surface area (Å²) in [5, 5.41) is 2.20. The highest BCUT2D eigenvalue weighted by Crippen LogP contribution is 2.24. The van der Waals surface area contributed by atoms with Gasteiger partial charge in [-0.1, -0.05) is 17.7 Å². The summed E-state index contributed by atoms with van der Waals surface area (Å²) in [7, 11) is -3.60. The maximum atomic E-state index is 13.1. The molecule has 148 valence electrons. The molecule has 1 fully saturated rings. The molecule has 10 heteroatoms. The minimum absolute atomic E-state index is 0. The number of benzene rings is 1. The number of nitrogens with zero attached hydrogens (tertiary/aromatic N) is 1. The number of hydrogen-bond donors (Lipinski definition) is 2. The number of alkyl halides is 2. The molecule has 2 rings (SSSR count). The second kappa shape index (κ2) is 9.07. The first-order chi connectivity index (χ1) is 11.7. The Morgan fingerprint density at radius 1 is 1.27 bits per heavy atom. The van der Waals surface area contributed by atoms with Crippen LogP contribution in [-0.2, 0) is 14.8 Å². The third-order valence-corrected chi connectivity index (χ3v) is 6.22. The Kier molecular flexibility index (Phi) is 7.94. The topological polar surface area (TPSA) is 92.5 Å². The van der Waals surface area contributed by atoms with Crippen LogP contribution in [0.2, 0.25) is 0 Å². The summed E-state index contributed by atoms with van der Waals surface area (Å²) in [5.41, 5.74) is 5.89. The Balaban J connectivity index is 0.00000338. The normalized spacial score (nSPS) is 16.8. The molecular weight excluding hydrogens is 388 g/mol. The molecule has 1 heterocycles. The third kappa shape index (κ3) is 5.60. The van der Waals surface area contributed by atoms with Crippen LogP contribution in [0, 0.1) is 12.8 Å². The Labute approximate surface area is 158 Å². The van der Waals surface area contributed by atoms with Gasteiger partial charge in [-0.25, -0.2) is 17.2 Å². The van der Waals surface area contributed by atoms with E-state index in [-0.39, 0.29) is 30.4 Å². The van der Waals surface area contributed by atoms with E-state index in [1.807, 2.05) is 6.92 Å². The van der Waals surface area contributed by atoms with E-state index >= 15 is 0 Å². The quantitative estimate of drug-likeness (QED) is 0.742. The largest absolute Gasteiger partial charge is 0.350 e. The molecule has 1 saturated heterocycles.